The second-order valence-corrected chi connectivity index (χ2v) is 9.37. The lowest BCUT2D eigenvalue weighted by Gasteiger charge is -2.11. The standard InChI is InChI=1S/C28H17Cl2N3/c29-21-9-17(10-22(30)15-21)11-23-16-32-25-8-4-3-7-20(25)14-27(32)28-31-24-12-18-5-1-2-6-19(18)13-26(24)33(23)28/h1-10,12-16H,11H2. The van der Waals surface area contributed by atoms with Gasteiger partial charge in [-0.05, 0) is 58.8 Å². The maximum absolute atomic E-state index is 6.32. The third kappa shape index (κ3) is 2.93. The van der Waals surface area contributed by atoms with Crippen molar-refractivity contribution in [1.29, 1.82) is 0 Å². The average Bonchev–Trinajstić information content (AvgIpc) is 3.35. The van der Waals surface area contributed by atoms with Gasteiger partial charge in [0.2, 0.25) is 0 Å². The first-order valence-electron chi connectivity index (χ1n) is 10.8. The summed E-state index contributed by atoms with van der Waals surface area (Å²) in [6, 6.07) is 29.2. The molecular weight excluding hydrogens is 449 g/mol. The topological polar surface area (TPSA) is 21.7 Å². The van der Waals surface area contributed by atoms with E-state index in [9.17, 15) is 0 Å². The SMILES string of the molecule is Clc1cc(Cl)cc(Cc2cn3c4ccccc4cc3c3nc4cc5ccccc5cc4n23)c1. The van der Waals surface area contributed by atoms with E-state index < -0.39 is 0 Å². The van der Waals surface area contributed by atoms with Crippen LogP contribution >= 0.6 is 23.2 Å². The lowest BCUT2D eigenvalue weighted by molar-refractivity contribution is 0.993. The van der Waals surface area contributed by atoms with E-state index in [-0.39, 0.29) is 0 Å². The minimum absolute atomic E-state index is 0.641. The van der Waals surface area contributed by atoms with Gasteiger partial charge in [0.05, 0.1) is 22.1 Å². The summed E-state index contributed by atoms with van der Waals surface area (Å²) in [5.74, 6) is 0. The first-order valence-corrected chi connectivity index (χ1v) is 11.6. The fraction of sp³-hybridized carbons (Fsp3) is 0.0357. The molecule has 0 aliphatic carbocycles. The normalized spacial score (nSPS) is 12.1. The van der Waals surface area contributed by atoms with Crippen molar-refractivity contribution in [3.05, 3.63) is 112 Å². The Labute approximate surface area is 199 Å². The highest BCUT2D eigenvalue weighted by molar-refractivity contribution is 6.34. The quantitative estimate of drug-likeness (QED) is 0.253. The fourth-order valence-corrected chi connectivity index (χ4v) is 5.54. The molecule has 158 valence electrons. The molecule has 0 radical (unpaired) electrons. The van der Waals surface area contributed by atoms with Crippen molar-refractivity contribution in [2.45, 2.75) is 6.42 Å². The molecule has 5 heteroatoms. The van der Waals surface area contributed by atoms with Crippen LogP contribution in [-0.2, 0) is 6.42 Å². The number of rotatable bonds is 2. The van der Waals surface area contributed by atoms with E-state index in [4.69, 9.17) is 28.2 Å². The first kappa shape index (κ1) is 19.0. The monoisotopic (exact) mass is 465 g/mol. The van der Waals surface area contributed by atoms with Crippen molar-refractivity contribution in [1.82, 2.24) is 13.8 Å². The van der Waals surface area contributed by atoms with Crippen molar-refractivity contribution >= 4 is 67.1 Å². The van der Waals surface area contributed by atoms with Crippen LogP contribution in [0.15, 0.2) is 91.1 Å². The molecule has 0 saturated carbocycles. The Hall–Kier alpha value is -3.53. The number of hydrogen-bond acceptors (Lipinski definition) is 1. The lowest BCUT2D eigenvalue weighted by atomic mass is 10.1. The molecule has 0 spiro atoms. The zero-order chi connectivity index (χ0) is 22.1. The molecule has 33 heavy (non-hydrogen) atoms. The van der Waals surface area contributed by atoms with Crippen LogP contribution in [0.4, 0.5) is 0 Å². The van der Waals surface area contributed by atoms with Crippen molar-refractivity contribution in [2.24, 2.45) is 0 Å². The molecule has 0 atom stereocenters. The van der Waals surface area contributed by atoms with Gasteiger partial charge in [-0.3, -0.25) is 4.40 Å². The molecule has 4 aromatic carbocycles. The van der Waals surface area contributed by atoms with E-state index in [2.05, 4.69) is 81.7 Å². The van der Waals surface area contributed by atoms with E-state index in [0.717, 1.165) is 39.0 Å². The molecule has 3 aromatic heterocycles. The van der Waals surface area contributed by atoms with Gasteiger partial charge in [0, 0.05) is 33.7 Å². The largest absolute Gasteiger partial charge is 0.311 e. The molecule has 0 aliphatic heterocycles. The van der Waals surface area contributed by atoms with Crippen LogP contribution in [0.25, 0.3) is 43.9 Å². The Balaban J connectivity index is 1.62. The highest BCUT2D eigenvalue weighted by atomic mass is 35.5. The zero-order valence-corrected chi connectivity index (χ0v) is 19.0. The number of imidazole rings is 1. The van der Waals surface area contributed by atoms with Gasteiger partial charge in [-0.15, -0.1) is 0 Å². The summed E-state index contributed by atoms with van der Waals surface area (Å²) in [6.45, 7) is 0. The number of benzene rings is 4. The van der Waals surface area contributed by atoms with Crippen LogP contribution in [0, 0.1) is 0 Å². The van der Waals surface area contributed by atoms with E-state index in [0.29, 0.717) is 16.5 Å². The summed E-state index contributed by atoms with van der Waals surface area (Å²) >= 11 is 12.6. The van der Waals surface area contributed by atoms with Gasteiger partial charge in [-0.25, -0.2) is 4.98 Å². The van der Waals surface area contributed by atoms with Crippen LogP contribution < -0.4 is 0 Å². The number of aromatic nitrogens is 3. The molecule has 0 bridgehead atoms. The smallest absolute Gasteiger partial charge is 0.162 e. The van der Waals surface area contributed by atoms with E-state index >= 15 is 0 Å². The number of nitrogens with zero attached hydrogens (tertiary/aromatic N) is 3. The molecule has 7 rings (SSSR count). The Morgan fingerprint density at radius 3 is 2.12 bits per heavy atom. The van der Waals surface area contributed by atoms with Crippen LogP contribution in [0.2, 0.25) is 10.0 Å². The van der Waals surface area contributed by atoms with Crippen molar-refractivity contribution in [3.8, 4) is 0 Å². The van der Waals surface area contributed by atoms with Crippen LogP contribution in [-0.4, -0.2) is 13.8 Å². The summed E-state index contributed by atoms with van der Waals surface area (Å²) in [5, 5.41) is 4.86. The molecule has 0 unspecified atom stereocenters. The van der Waals surface area contributed by atoms with Gasteiger partial charge in [0.25, 0.3) is 0 Å². The first-order chi connectivity index (χ1) is 16.1. The third-order valence-electron chi connectivity index (χ3n) is 6.37. The van der Waals surface area contributed by atoms with Crippen molar-refractivity contribution in [3.63, 3.8) is 0 Å². The minimum Gasteiger partial charge on any atom is -0.311 e. The van der Waals surface area contributed by atoms with Crippen LogP contribution in [0.3, 0.4) is 0 Å². The summed E-state index contributed by atoms with van der Waals surface area (Å²) in [5.41, 5.74) is 7.46. The van der Waals surface area contributed by atoms with Gasteiger partial charge in [0.15, 0.2) is 5.65 Å². The molecule has 0 amide bonds. The second kappa shape index (κ2) is 6.98. The average molecular weight is 466 g/mol. The molecule has 0 N–H and O–H groups in total. The predicted octanol–water partition coefficient (Wildman–Crippen LogP) is 7.94. The number of hydrogen-bond donors (Lipinski definition) is 0. The van der Waals surface area contributed by atoms with E-state index in [1.54, 1.807) is 6.07 Å². The van der Waals surface area contributed by atoms with Crippen molar-refractivity contribution < 1.29 is 0 Å². The van der Waals surface area contributed by atoms with E-state index in [1.807, 2.05) is 12.1 Å². The molecular formula is C28H17Cl2N3. The summed E-state index contributed by atoms with van der Waals surface area (Å²) in [4.78, 5) is 5.12. The highest BCUT2D eigenvalue weighted by Crippen LogP contribution is 2.31. The lowest BCUT2D eigenvalue weighted by Crippen LogP contribution is -2.02. The maximum Gasteiger partial charge on any atom is 0.162 e. The molecule has 0 fully saturated rings. The number of para-hydroxylation sites is 1. The Morgan fingerprint density at radius 2 is 1.33 bits per heavy atom. The number of fused-ring (bicyclic) bond motifs is 8. The van der Waals surface area contributed by atoms with Gasteiger partial charge >= 0.3 is 0 Å². The third-order valence-corrected chi connectivity index (χ3v) is 6.81. The molecule has 7 aromatic rings. The van der Waals surface area contributed by atoms with Crippen LogP contribution in [0.5, 0.6) is 0 Å². The second-order valence-electron chi connectivity index (χ2n) is 8.49. The minimum atomic E-state index is 0.641. The zero-order valence-electron chi connectivity index (χ0n) is 17.5. The van der Waals surface area contributed by atoms with Crippen LogP contribution in [0.1, 0.15) is 11.3 Å². The predicted molar refractivity (Wildman–Crippen MR) is 138 cm³/mol. The Bertz CT molecular complexity index is 1850. The van der Waals surface area contributed by atoms with Gasteiger partial charge < -0.3 is 4.40 Å². The van der Waals surface area contributed by atoms with Gasteiger partial charge in [0.1, 0.15) is 0 Å². The maximum atomic E-state index is 6.32. The Morgan fingerprint density at radius 1 is 0.667 bits per heavy atom. The van der Waals surface area contributed by atoms with Gasteiger partial charge in [-0.1, -0.05) is 65.7 Å². The summed E-state index contributed by atoms with van der Waals surface area (Å²) in [6.07, 6.45) is 2.90. The Kier molecular flexibility index (Phi) is 4.02. The summed E-state index contributed by atoms with van der Waals surface area (Å²) in [7, 11) is 0. The molecule has 3 heterocycles. The highest BCUT2D eigenvalue weighted by Gasteiger charge is 2.16. The summed E-state index contributed by atoms with van der Waals surface area (Å²) < 4.78 is 4.53. The molecule has 0 saturated heterocycles. The van der Waals surface area contributed by atoms with Gasteiger partial charge in [-0.2, -0.15) is 0 Å². The van der Waals surface area contributed by atoms with Crippen molar-refractivity contribution in [2.75, 3.05) is 0 Å². The molecule has 3 nitrogen and oxygen atoms in total. The molecule has 0 aliphatic rings. The van der Waals surface area contributed by atoms with E-state index in [1.165, 1.54) is 16.2 Å². The number of halogens is 2. The fourth-order valence-electron chi connectivity index (χ4n) is 4.97.